The average Bonchev–Trinajstić information content (AvgIpc) is 3.36. The van der Waals surface area contributed by atoms with E-state index in [9.17, 15) is 9.36 Å². The van der Waals surface area contributed by atoms with Gasteiger partial charge in [-0.2, -0.15) is 0 Å². The summed E-state index contributed by atoms with van der Waals surface area (Å²) in [6, 6.07) is 5.56. The van der Waals surface area contributed by atoms with Crippen LogP contribution >= 0.6 is 7.52 Å². The van der Waals surface area contributed by atoms with E-state index in [-0.39, 0.29) is 6.10 Å². The molecule has 2 aliphatic carbocycles. The largest absolute Gasteiger partial charge is 0.462 e. The molecule has 0 aromatic heterocycles. The van der Waals surface area contributed by atoms with Crippen molar-refractivity contribution < 1.29 is 18.6 Å². The quantitative estimate of drug-likeness (QED) is 0.540. The highest BCUT2D eigenvalue weighted by Crippen LogP contribution is 2.51. The molecule has 6 heteroatoms. The Morgan fingerprint density at radius 3 is 2.36 bits per heavy atom. The Balaban J connectivity index is 1.69. The first-order valence-corrected chi connectivity index (χ1v) is 11.2. The summed E-state index contributed by atoms with van der Waals surface area (Å²) < 4.78 is 23.9. The summed E-state index contributed by atoms with van der Waals surface area (Å²) in [5.74, 6) is 1.45. The van der Waals surface area contributed by atoms with Gasteiger partial charge in [0.2, 0.25) is 0 Å². The van der Waals surface area contributed by atoms with Crippen molar-refractivity contribution in [3.63, 3.8) is 0 Å². The maximum Gasteiger partial charge on any atom is 0.323 e. The van der Waals surface area contributed by atoms with E-state index in [4.69, 9.17) is 9.26 Å². The molecule has 0 radical (unpaired) electrons. The number of carbonyl (C=O) groups excluding carboxylic acids is 1. The summed E-state index contributed by atoms with van der Waals surface area (Å²) in [4.78, 5) is 11.9. The van der Waals surface area contributed by atoms with Crippen molar-refractivity contribution >= 4 is 13.5 Å². The zero-order valence-electron chi connectivity index (χ0n) is 15.5. The van der Waals surface area contributed by atoms with Crippen molar-refractivity contribution in [3.05, 3.63) is 29.3 Å². The number of carbonyl (C=O) groups is 1. The van der Waals surface area contributed by atoms with Crippen molar-refractivity contribution in [2.45, 2.75) is 70.4 Å². The van der Waals surface area contributed by atoms with Crippen LogP contribution in [0.15, 0.2) is 18.2 Å². The first kappa shape index (κ1) is 18.5. The Morgan fingerprint density at radius 2 is 1.80 bits per heavy atom. The van der Waals surface area contributed by atoms with Crippen LogP contribution in [0.2, 0.25) is 0 Å². The summed E-state index contributed by atoms with van der Waals surface area (Å²) in [6.45, 7) is 6.73. The molecule has 1 aromatic rings. The Hall–Kier alpha value is -1.32. The molecule has 0 spiro atoms. The number of hydrogen-bond acceptors (Lipinski definition) is 4. The summed E-state index contributed by atoms with van der Waals surface area (Å²) in [5.41, 5.74) is 2.52. The SMILES string of the molecule is CC(C)OC(=O)[C@H](C)NP(C)(=O)Oc1ccc(C2CC2)cc1C1CC1. The van der Waals surface area contributed by atoms with Crippen LogP contribution in [0, 0.1) is 0 Å². The van der Waals surface area contributed by atoms with Crippen molar-refractivity contribution in [3.8, 4) is 5.75 Å². The molecule has 2 fully saturated rings. The Kier molecular flexibility index (Phi) is 5.26. The lowest BCUT2D eigenvalue weighted by Crippen LogP contribution is -2.35. The first-order chi connectivity index (χ1) is 11.7. The Labute approximate surface area is 150 Å². The van der Waals surface area contributed by atoms with Crippen LogP contribution < -0.4 is 9.61 Å². The molecular formula is C19H28NO4P. The fourth-order valence-electron chi connectivity index (χ4n) is 2.99. The maximum absolute atomic E-state index is 12.9. The molecule has 0 heterocycles. The third kappa shape index (κ3) is 5.08. The van der Waals surface area contributed by atoms with Crippen molar-refractivity contribution in [1.29, 1.82) is 0 Å². The standard InChI is InChI=1S/C19H28NO4P/c1-12(2)23-19(21)13(3)20-25(4,22)24-18-10-9-16(14-5-6-14)11-17(18)15-7-8-15/h9-15H,5-8H2,1-4H3,(H,20,22)/t13-,25?/m0/s1. The molecule has 138 valence electrons. The Bertz CT molecular complexity index is 695. The minimum absolute atomic E-state index is 0.203. The molecule has 0 aliphatic heterocycles. The van der Waals surface area contributed by atoms with Crippen molar-refractivity contribution in [1.82, 2.24) is 5.09 Å². The van der Waals surface area contributed by atoms with Crippen LogP contribution in [0.3, 0.4) is 0 Å². The average molecular weight is 365 g/mol. The summed E-state index contributed by atoms with van der Waals surface area (Å²) in [6.07, 6.45) is 4.62. The predicted molar refractivity (Wildman–Crippen MR) is 98.4 cm³/mol. The fourth-order valence-corrected chi connectivity index (χ4v) is 4.39. The molecule has 0 bridgehead atoms. The molecule has 2 saturated carbocycles. The van der Waals surface area contributed by atoms with Crippen molar-refractivity contribution in [2.24, 2.45) is 0 Å². The zero-order valence-corrected chi connectivity index (χ0v) is 16.3. The van der Waals surface area contributed by atoms with Crippen LogP contribution in [0.4, 0.5) is 0 Å². The van der Waals surface area contributed by atoms with Crippen LogP contribution in [-0.2, 0) is 14.1 Å². The predicted octanol–water partition coefficient (Wildman–Crippen LogP) is 4.57. The van der Waals surface area contributed by atoms with Gasteiger partial charge in [0, 0.05) is 6.66 Å². The van der Waals surface area contributed by atoms with Gasteiger partial charge >= 0.3 is 13.5 Å². The second-order valence-corrected chi connectivity index (χ2v) is 9.75. The summed E-state index contributed by atoms with van der Waals surface area (Å²) in [7, 11) is -3.18. The highest BCUT2D eigenvalue weighted by atomic mass is 31.2. The molecule has 0 amide bonds. The molecule has 0 saturated heterocycles. The third-order valence-corrected chi connectivity index (χ3v) is 5.91. The minimum atomic E-state index is -3.18. The first-order valence-electron chi connectivity index (χ1n) is 9.14. The topological polar surface area (TPSA) is 64.6 Å². The van der Waals surface area contributed by atoms with Gasteiger partial charge in [0.25, 0.3) is 0 Å². The molecule has 5 nitrogen and oxygen atoms in total. The van der Waals surface area contributed by atoms with Gasteiger partial charge in [0.05, 0.1) is 6.10 Å². The van der Waals surface area contributed by atoms with E-state index in [1.807, 2.05) is 6.07 Å². The normalized spacial score (nSPS) is 20.8. The van der Waals surface area contributed by atoms with E-state index in [0.717, 1.165) is 18.4 Å². The number of esters is 1. The second-order valence-electron chi connectivity index (χ2n) is 7.62. The highest BCUT2D eigenvalue weighted by molar-refractivity contribution is 7.56. The van der Waals surface area contributed by atoms with Crippen LogP contribution in [-0.4, -0.2) is 24.8 Å². The Morgan fingerprint density at radius 1 is 1.16 bits per heavy atom. The van der Waals surface area contributed by atoms with Crippen molar-refractivity contribution in [2.75, 3.05) is 6.66 Å². The number of nitrogens with one attached hydrogen (secondary N) is 1. The molecule has 1 aromatic carbocycles. The molecule has 1 unspecified atom stereocenters. The smallest absolute Gasteiger partial charge is 0.323 e. The molecule has 25 heavy (non-hydrogen) atoms. The van der Waals surface area contributed by atoms with Crippen LogP contribution in [0.5, 0.6) is 5.75 Å². The molecular weight excluding hydrogens is 337 g/mol. The van der Waals surface area contributed by atoms with E-state index in [1.54, 1.807) is 20.8 Å². The minimum Gasteiger partial charge on any atom is -0.462 e. The fraction of sp³-hybridized carbons (Fsp3) is 0.632. The molecule has 1 N–H and O–H groups in total. The van der Waals surface area contributed by atoms with E-state index in [0.29, 0.717) is 17.6 Å². The van der Waals surface area contributed by atoms with E-state index >= 15 is 0 Å². The number of rotatable bonds is 8. The maximum atomic E-state index is 12.9. The molecule has 2 aliphatic rings. The number of hydrogen-bond donors (Lipinski definition) is 1. The van der Waals surface area contributed by atoms with E-state index in [2.05, 4.69) is 17.2 Å². The van der Waals surface area contributed by atoms with Gasteiger partial charge in [-0.1, -0.05) is 12.1 Å². The number of benzene rings is 1. The van der Waals surface area contributed by atoms with E-state index in [1.165, 1.54) is 25.1 Å². The van der Waals surface area contributed by atoms with Crippen LogP contribution in [0.1, 0.15) is 69.4 Å². The summed E-state index contributed by atoms with van der Waals surface area (Å²) in [5, 5.41) is 2.80. The molecule has 3 rings (SSSR count). The zero-order chi connectivity index (χ0) is 18.2. The monoisotopic (exact) mass is 365 g/mol. The lowest BCUT2D eigenvalue weighted by atomic mass is 10.0. The van der Waals surface area contributed by atoms with Gasteiger partial charge in [-0.3, -0.25) is 9.36 Å². The van der Waals surface area contributed by atoms with Gasteiger partial charge < -0.3 is 9.26 Å². The summed E-state index contributed by atoms with van der Waals surface area (Å²) >= 11 is 0. The van der Waals surface area contributed by atoms with Gasteiger partial charge in [-0.25, -0.2) is 5.09 Å². The van der Waals surface area contributed by atoms with E-state index < -0.39 is 19.5 Å². The molecule has 2 atom stereocenters. The van der Waals surface area contributed by atoms with Gasteiger partial charge in [0.15, 0.2) is 0 Å². The lowest BCUT2D eigenvalue weighted by molar-refractivity contribution is -0.149. The highest BCUT2D eigenvalue weighted by Gasteiger charge is 2.32. The van der Waals surface area contributed by atoms with Gasteiger partial charge in [0.1, 0.15) is 11.8 Å². The van der Waals surface area contributed by atoms with Gasteiger partial charge in [-0.15, -0.1) is 0 Å². The number of ether oxygens (including phenoxy) is 1. The van der Waals surface area contributed by atoms with Crippen LogP contribution in [0.25, 0.3) is 0 Å². The van der Waals surface area contributed by atoms with Gasteiger partial charge in [-0.05, 0) is 75.5 Å². The lowest BCUT2D eigenvalue weighted by Gasteiger charge is -2.22. The third-order valence-electron chi connectivity index (χ3n) is 4.51. The second kappa shape index (κ2) is 7.13.